The molecule has 14 heavy (non-hydrogen) atoms. The third kappa shape index (κ3) is 1.87. The van der Waals surface area contributed by atoms with Crippen LogP contribution in [-0.4, -0.2) is 20.2 Å². The quantitative estimate of drug-likeness (QED) is 0.765. The molecule has 2 rings (SSSR count). The summed E-state index contributed by atoms with van der Waals surface area (Å²) in [5.41, 5.74) is 1.93. The topological polar surface area (TPSA) is 66.5 Å². The molecule has 5 nitrogen and oxygen atoms in total. The minimum absolute atomic E-state index is 0.170. The van der Waals surface area contributed by atoms with Gasteiger partial charge in [0.2, 0.25) is 0 Å². The first-order valence-corrected chi connectivity index (χ1v) is 4.37. The summed E-state index contributed by atoms with van der Waals surface area (Å²) in [6, 6.07) is 2.10. The Morgan fingerprint density at radius 1 is 1.36 bits per heavy atom. The molecule has 2 heterocycles. The molecule has 2 N–H and O–H groups in total. The van der Waals surface area contributed by atoms with Crippen LogP contribution in [0.5, 0.6) is 0 Å². The number of hydrogen-bond donors (Lipinski definition) is 2. The lowest BCUT2D eigenvalue weighted by Gasteiger charge is -2.12. The molecule has 0 bridgehead atoms. The zero-order valence-corrected chi connectivity index (χ0v) is 7.81. The second kappa shape index (κ2) is 3.87. The van der Waals surface area contributed by atoms with Crippen LogP contribution >= 0.6 is 0 Å². The highest BCUT2D eigenvalue weighted by molar-refractivity contribution is 5.39. The molecule has 0 amide bonds. The van der Waals surface area contributed by atoms with E-state index in [1.807, 2.05) is 13.0 Å². The van der Waals surface area contributed by atoms with E-state index in [1.165, 1.54) is 6.33 Å². The molecule has 72 valence electrons. The largest absolute Gasteiger partial charge is 0.374 e. The Hall–Kier alpha value is -1.91. The second-order valence-corrected chi connectivity index (χ2v) is 3.01. The molecule has 0 saturated carbocycles. The van der Waals surface area contributed by atoms with Gasteiger partial charge in [0.15, 0.2) is 0 Å². The van der Waals surface area contributed by atoms with E-state index in [4.69, 9.17) is 0 Å². The molecule has 0 aliphatic rings. The summed E-state index contributed by atoms with van der Waals surface area (Å²) >= 11 is 0. The van der Waals surface area contributed by atoms with Crippen LogP contribution in [0.25, 0.3) is 0 Å². The van der Waals surface area contributed by atoms with Gasteiger partial charge in [-0.3, -0.25) is 5.10 Å². The molecular formula is C9H11N5. The van der Waals surface area contributed by atoms with Gasteiger partial charge in [-0.25, -0.2) is 9.97 Å². The molecule has 0 aliphatic carbocycles. The second-order valence-electron chi connectivity index (χ2n) is 3.01. The van der Waals surface area contributed by atoms with Crippen LogP contribution in [0.4, 0.5) is 5.69 Å². The van der Waals surface area contributed by atoms with Gasteiger partial charge in [-0.15, -0.1) is 0 Å². The first-order chi connectivity index (χ1) is 6.86. The fourth-order valence-corrected chi connectivity index (χ4v) is 1.21. The average Bonchev–Trinajstić information content (AvgIpc) is 2.72. The third-order valence-electron chi connectivity index (χ3n) is 1.93. The molecule has 0 saturated heterocycles. The Morgan fingerprint density at radius 2 is 2.14 bits per heavy atom. The van der Waals surface area contributed by atoms with Crippen LogP contribution in [-0.2, 0) is 0 Å². The van der Waals surface area contributed by atoms with Crippen LogP contribution in [0.1, 0.15) is 18.7 Å². The molecule has 0 aliphatic heterocycles. The number of aromatic nitrogens is 4. The Kier molecular flexibility index (Phi) is 2.40. The number of anilines is 1. The van der Waals surface area contributed by atoms with E-state index in [0.717, 1.165) is 11.4 Å². The standard InChI is InChI=1S/C9H11N5/c1-7(9-2-3-12-14-9)13-8-4-10-6-11-5-8/h2-7,13H,1H3,(H,12,14). The van der Waals surface area contributed by atoms with Crippen LogP contribution in [0.2, 0.25) is 0 Å². The summed E-state index contributed by atoms with van der Waals surface area (Å²) in [4.78, 5) is 7.84. The molecule has 0 radical (unpaired) electrons. The van der Waals surface area contributed by atoms with Crippen molar-refractivity contribution < 1.29 is 0 Å². The van der Waals surface area contributed by atoms with Crippen LogP contribution in [0, 0.1) is 0 Å². The van der Waals surface area contributed by atoms with Gasteiger partial charge in [-0.05, 0) is 13.0 Å². The maximum Gasteiger partial charge on any atom is 0.115 e. The van der Waals surface area contributed by atoms with Crippen molar-refractivity contribution in [2.24, 2.45) is 0 Å². The Labute approximate surface area is 81.6 Å². The highest BCUT2D eigenvalue weighted by Gasteiger charge is 2.05. The van der Waals surface area contributed by atoms with E-state index >= 15 is 0 Å². The Morgan fingerprint density at radius 3 is 2.79 bits per heavy atom. The van der Waals surface area contributed by atoms with E-state index in [9.17, 15) is 0 Å². The first-order valence-electron chi connectivity index (χ1n) is 4.37. The van der Waals surface area contributed by atoms with Crippen molar-refractivity contribution in [2.45, 2.75) is 13.0 Å². The fraction of sp³-hybridized carbons (Fsp3) is 0.222. The zero-order chi connectivity index (χ0) is 9.80. The summed E-state index contributed by atoms with van der Waals surface area (Å²) < 4.78 is 0. The molecule has 0 aromatic carbocycles. The van der Waals surface area contributed by atoms with Crippen molar-refractivity contribution in [2.75, 3.05) is 5.32 Å². The molecule has 1 unspecified atom stereocenters. The summed E-state index contributed by atoms with van der Waals surface area (Å²) in [5.74, 6) is 0. The molecule has 2 aromatic heterocycles. The van der Waals surface area contributed by atoms with Gasteiger partial charge in [0.05, 0.1) is 29.8 Å². The van der Waals surface area contributed by atoms with Crippen molar-refractivity contribution in [1.82, 2.24) is 20.2 Å². The summed E-state index contributed by atoms with van der Waals surface area (Å²) in [6.07, 6.45) is 6.71. The van der Waals surface area contributed by atoms with Crippen LogP contribution < -0.4 is 5.32 Å². The number of hydrogen-bond acceptors (Lipinski definition) is 4. The predicted octanol–water partition coefficient (Wildman–Crippen LogP) is 1.37. The maximum absolute atomic E-state index is 3.92. The number of nitrogens with zero attached hydrogens (tertiary/aromatic N) is 3. The van der Waals surface area contributed by atoms with E-state index in [0.29, 0.717) is 0 Å². The lowest BCUT2D eigenvalue weighted by molar-refractivity contribution is 0.823. The van der Waals surface area contributed by atoms with Crippen molar-refractivity contribution in [3.63, 3.8) is 0 Å². The van der Waals surface area contributed by atoms with Gasteiger partial charge in [0.1, 0.15) is 6.33 Å². The van der Waals surface area contributed by atoms with Crippen molar-refractivity contribution in [1.29, 1.82) is 0 Å². The lowest BCUT2D eigenvalue weighted by atomic mass is 10.2. The van der Waals surface area contributed by atoms with Gasteiger partial charge >= 0.3 is 0 Å². The van der Waals surface area contributed by atoms with Gasteiger partial charge < -0.3 is 5.32 Å². The van der Waals surface area contributed by atoms with Crippen LogP contribution in [0.3, 0.4) is 0 Å². The molecule has 5 heteroatoms. The first kappa shape index (κ1) is 8.68. The smallest absolute Gasteiger partial charge is 0.115 e. The van der Waals surface area contributed by atoms with Crippen molar-refractivity contribution >= 4 is 5.69 Å². The fourth-order valence-electron chi connectivity index (χ4n) is 1.21. The maximum atomic E-state index is 3.92. The van der Waals surface area contributed by atoms with Crippen molar-refractivity contribution in [3.05, 3.63) is 36.7 Å². The van der Waals surface area contributed by atoms with E-state index in [-0.39, 0.29) is 6.04 Å². The molecule has 2 aromatic rings. The SMILES string of the molecule is CC(Nc1cncnc1)c1ccn[nH]1. The Bertz CT molecular complexity index is 369. The van der Waals surface area contributed by atoms with Gasteiger partial charge in [-0.1, -0.05) is 0 Å². The number of rotatable bonds is 3. The summed E-state index contributed by atoms with van der Waals surface area (Å²) in [6.45, 7) is 2.04. The highest BCUT2D eigenvalue weighted by Crippen LogP contribution is 2.14. The molecule has 0 fully saturated rings. The van der Waals surface area contributed by atoms with Gasteiger partial charge in [0.25, 0.3) is 0 Å². The third-order valence-corrected chi connectivity index (χ3v) is 1.93. The van der Waals surface area contributed by atoms with Crippen LogP contribution in [0.15, 0.2) is 31.0 Å². The summed E-state index contributed by atoms with van der Waals surface area (Å²) in [5, 5.41) is 10.0. The lowest BCUT2D eigenvalue weighted by Crippen LogP contribution is -2.07. The highest BCUT2D eigenvalue weighted by atomic mass is 15.1. The number of nitrogens with one attached hydrogen (secondary N) is 2. The van der Waals surface area contributed by atoms with E-state index < -0.39 is 0 Å². The molecule has 1 atom stereocenters. The number of H-pyrrole nitrogens is 1. The van der Waals surface area contributed by atoms with Gasteiger partial charge in [0, 0.05) is 6.20 Å². The van der Waals surface area contributed by atoms with E-state index in [1.54, 1.807) is 18.6 Å². The predicted molar refractivity (Wildman–Crippen MR) is 52.7 cm³/mol. The molecule has 0 spiro atoms. The Balaban J connectivity index is 2.06. The van der Waals surface area contributed by atoms with Crippen molar-refractivity contribution in [3.8, 4) is 0 Å². The monoisotopic (exact) mass is 189 g/mol. The average molecular weight is 189 g/mol. The summed E-state index contributed by atoms with van der Waals surface area (Å²) in [7, 11) is 0. The minimum Gasteiger partial charge on any atom is -0.374 e. The van der Waals surface area contributed by atoms with E-state index in [2.05, 4.69) is 25.5 Å². The molecular weight excluding hydrogens is 178 g/mol. The minimum atomic E-state index is 0.170. The van der Waals surface area contributed by atoms with Gasteiger partial charge in [-0.2, -0.15) is 5.10 Å². The number of aromatic amines is 1. The zero-order valence-electron chi connectivity index (χ0n) is 7.81. The normalized spacial score (nSPS) is 12.4.